The molecule has 0 bridgehead atoms. The summed E-state index contributed by atoms with van der Waals surface area (Å²) in [6.45, 7) is 7.86. The number of benzene rings is 1. The van der Waals surface area contributed by atoms with Gasteiger partial charge in [-0.05, 0) is 44.0 Å². The van der Waals surface area contributed by atoms with Crippen LogP contribution in [0.3, 0.4) is 0 Å². The largest absolute Gasteiger partial charge is 0.495 e. The van der Waals surface area contributed by atoms with Gasteiger partial charge in [-0.25, -0.2) is 0 Å². The van der Waals surface area contributed by atoms with Gasteiger partial charge in [-0.15, -0.1) is 0 Å². The first-order chi connectivity index (χ1) is 8.10. The number of methoxy groups -OCH3 is 1. The van der Waals surface area contributed by atoms with Gasteiger partial charge < -0.3 is 15.0 Å². The number of fused-ring (bicyclic) bond motifs is 1. The zero-order valence-electron chi connectivity index (χ0n) is 11.0. The van der Waals surface area contributed by atoms with E-state index in [2.05, 4.69) is 37.5 Å². The molecule has 3 heteroatoms. The van der Waals surface area contributed by atoms with E-state index in [9.17, 15) is 0 Å². The molecule has 0 unspecified atom stereocenters. The van der Waals surface area contributed by atoms with Gasteiger partial charge in [-0.1, -0.05) is 0 Å². The minimum absolute atomic E-state index is 0.640. The van der Waals surface area contributed by atoms with Gasteiger partial charge in [0, 0.05) is 24.2 Å². The molecule has 2 aromatic rings. The van der Waals surface area contributed by atoms with Gasteiger partial charge in [0.15, 0.2) is 0 Å². The van der Waals surface area contributed by atoms with Crippen molar-refractivity contribution in [2.75, 3.05) is 13.7 Å². The summed E-state index contributed by atoms with van der Waals surface area (Å²) >= 11 is 0. The van der Waals surface area contributed by atoms with Crippen LogP contribution < -0.4 is 10.5 Å². The summed E-state index contributed by atoms with van der Waals surface area (Å²) < 4.78 is 7.75. The SMILES string of the molecule is COc1cc(C)cc2c(C)c(C)n(CCN)c12. The monoisotopic (exact) mass is 232 g/mol. The lowest BCUT2D eigenvalue weighted by atomic mass is 10.1. The van der Waals surface area contributed by atoms with Crippen molar-refractivity contribution < 1.29 is 4.74 Å². The molecule has 0 radical (unpaired) electrons. The van der Waals surface area contributed by atoms with Gasteiger partial charge in [0.05, 0.1) is 12.6 Å². The van der Waals surface area contributed by atoms with Crippen LogP contribution >= 0.6 is 0 Å². The lowest BCUT2D eigenvalue weighted by Crippen LogP contribution is -2.11. The van der Waals surface area contributed by atoms with E-state index in [1.165, 1.54) is 27.7 Å². The minimum Gasteiger partial charge on any atom is -0.495 e. The summed E-state index contributed by atoms with van der Waals surface area (Å²) in [5.41, 5.74) is 10.7. The zero-order chi connectivity index (χ0) is 12.6. The average Bonchev–Trinajstić information content (AvgIpc) is 2.54. The molecule has 2 N–H and O–H groups in total. The first-order valence-corrected chi connectivity index (χ1v) is 5.94. The molecule has 0 fully saturated rings. The minimum atomic E-state index is 0.640. The van der Waals surface area contributed by atoms with Crippen LogP contribution in [-0.2, 0) is 6.54 Å². The van der Waals surface area contributed by atoms with Crippen molar-refractivity contribution in [2.24, 2.45) is 5.73 Å². The number of rotatable bonds is 3. The average molecular weight is 232 g/mol. The summed E-state index contributed by atoms with van der Waals surface area (Å²) in [5, 5.41) is 1.27. The van der Waals surface area contributed by atoms with Gasteiger partial charge >= 0.3 is 0 Å². The fourth-order valence-electron chi connectivity index (χ4n) is 2.44. The molecular formula is C14H20N2O. The molecule has 0 spiro atoms. The van der Waals surface area contributed by atoms with E-state index in [0.717, 1.165) is 12.3 Å². The summed E-state index contributed by atoms with van der Waals surface area (Å²) in [6, 6.07) is 4.29. The Hall–Kier alpha value is -1.48. The van der Waals surface area contributed by atoms with Gasteiger partial charge in [-0.2, -0.15) is 0 Å². The zero-order valence-corrected chi connectivity index (χ0v) is 11.0. The molecule has 0 atom stereocenters. The highest BCUT2D eigenvalue weighted by Crippen LogP contribution is 2.33. The maximum Gasteiger partial charge on any atom is 0.143 e. The molecular weight excluding hydrogens is 212 g/mol. The second-order valence-corrected chi connectivity index (χ2v) is 4.51. The molecule has 1 aromatic carbocycles. The first kappa shape index (κ1) is 12.0. The smallest absolute Gasteiger partial charge is 0.143 e. The summed E-state index contributed by atoms with van der Waals surface area (Å²) in [6.07, 6.45) is 0. The van der Waals surface area contributed by atoms with E-state index < -0.39 is 0 Å². The lowest BCUT2D eigenvalue weighted by Gasteiger charge is -2.10. The second kappa shape index (κ2) is 4.41. The highest BCUT2D eigenvalue weighted by Gasteiger charge is 2.14. The third-order valence-corrected chi connectivity index (χ3v) is 3.41. The van der Waals surface area contributed by atoms with Crippen LogP contribution in [0, 0.1) is 20.8 Å². The lowest BCUT2D eigenvalue weighted by molar-refractivity contribution is 0.417. The Labute approximate surface area is 102 Å². The van der Waals surface area contributed by atoms with Crippen LogP contribution in [0.15, 0.2) is 12.1 Å². The van der Waals surface area contributed by atoms with E-state index in [4.69, 9.17) is 10.5 Å². The van der Waals surface area contributed by atoms with Crippen molar-refractivity contribution in [1.29, 1.82) is 0 Å². The predicted octanol–water partition coefficient (Wildman–Crippen LogP) is 2.53. The van der Waals surface area contributed by atoms with Gasteiger partial charge in [0.1, 0.15) is 5.75 Å². The molecule has 0 saturated heterocycles. The van der Waals surface area contributed by atoms with E-state index >= 15 is 0 Å². The Balaban J connectivity index is 2.85. The number of hydrogen-bond donors (Lipinski definition) is 1. The second-order valence-electron chi connectivity index (χ2n) is 4.51. The molecule has 2 rings (SSSR count). The van der Waals surface area contributed by atoms with Crippen LogP contribution in [-0.4, -0.2) is 18.2 Å². The Kier molecular flexibility index (Phi) is 3.11. The molecule has 3 nitrogen and oxygen atoms in total. The Bertz CT molecular complexity index is 555. The predicted molar refractivity (Wildman–Crippen MR) is 71.8 cm³/mol. The summed E-state index contributed by atoms with van der Waals surface area (Å²) in [4.78, 5) is 0. The van der Waals surface area contributed by atoms with Crippen molar-refractivity contribution >= 4 is 10.9 Å². The van der Waals surface area contributed by atoms with Crippen LogP contribution in [0.1, 0.15) is 16.8 Å². The van der Waals surface area contributed by atoms with Crippen molar-refractivity contribution in [3.8, 4) is 5.75 Å². The topological polar surface area (TPSA) is 40.2 Å². The fraction of sp³-hybridized carbons (Fsp3) is 0.429. The molecule has 0 amide bonds. The third-order valence-electron chi connectivity index (χ3n) is 3.41. The summed E-state index contributed by atoms with van der Waals surface area (Å²) in [7, 11) is 1.72. The van der Waals surface area contributed by atoms with Crippen molar-refractivity contribution in [3.05, 3.63) is 29.0 Å². The highest BCUT2D eigenvalue weighted by molar-refractivity contribution is 5.91. The number of aryl methyl sites for hydroxylation is 2. The third kappa shape index (κ3) is 1.80. The molecule has 1 heterocycles. The molecule has 1 aromatic heterocycles. The molecule has 17 heavy (non-hydrogen) atoms. The maximum absolute atomic E-state index is 5.69. The quantitative estimate of drug-likeness (QED) is 0.883. The molecule has 0 aliphatic heterocycles. The summed E-state index contributed by atoms with van der Waals surface area (Å²) in [5.74, 6) is 0.935. The van der Waals surface area contributed by atoms with Crippen LogP contribution in [0.4, 0.5) is 0 Å². The first-order valence-electron chi connectivity index (χ1n) is 5.94. The Morgan fingerprint density at radius 3 is 2.53 bits per heavy atom. The molecule has 0 saturated carbocycles. The van der Waals surface area contributed by atoms with E-state index in [0.29, 0.717) is 6.54 Å². The number of nitrogens with two attached hydrogens (primary N) is 1. The Morgan fingerprint density at radius 1 is 1.24 bits per heavy atom. The standard InChI is InChI=1S/C14H20N2O/c1-9-7-12-10(2)11(3)16(6-5-15)14(12)13(8-9)17-4/h7-8H,5-6,15H2,1-4H3. The molecule has 92 valence electrons. The number of hydrogen-bond acceptors (Lipinski definition) is 2. The normalized spacial score (nSPS) is 11.1. The van der Waals surface area contributed by atoms with Crippen molar-refractivity contribution in [1.82, 2.24) is 4.57 Å². The van der Waals surface area contributed by atoms with E-state index in [1.807, 2.05) is 0 Å². The maximum atomic E-state index is 5.69. The molecule has 0 aliphatic carbocycles. The number of ether oxygens (including phenoxy) is 1. The fourth-order valence-corrected chi connectivity index (χ4v) is 2.44. The van der Waals surface area contributed by atoms with Crippen molar-refractivity contribution in [2.45, 2.75) is 27.3 Å². The Morgan fingerprint density at radius 2 is 1.94 bits per heavy atom. The van der Waals surface area contributed by atoms with Crippen LogP contribution in [0.5, 0.6) is 5.75 Å². The number of aromatic nitrogens is 1. The molecule has 0 aliphatic rings. The van der Waals surface area contributed by atoms with Crippen LogP contribution in [0.25, 0.3) is 10.9 Å². The van der Waals surface area contributed by atoms with E-state index in [-0.39, 0.29) is 0 Å². The highest BCUT2D eigenvalue weighted by atomic mass is 16.5. The van der Waals surface area contributed by atoms with Gasteiger partial charge in [-0.3, -0.25) is 0 Å². The van der Waals surface area contributed by atoms with Gasteiger partial charge in [0.2, 0.25) is 0 Å². The van der Waals surface area contributed by atoms with Crippen LogP contribution in [0.2, 0.25) is 0 Å². The van der Waals surface area contributed by atoms with Crippen molar-refractivity contribution in [3.63, 3.8) is 0 Å². The van der Waals surface area contributed by atoms with E-state index in [1.54, 1.807) is 7.11 Å². The number of nitrogens with zero attached hydrogens (tertiary/aromatic N) is 1. The van der Waals surface area contributed by atoms with Gasteiger partial charge in [0.25, 0.3) is 0 Å².